The second kappa shape index (κ2) is 8.84. The van der Waals surface area contributed by atoms with Crippen molar-refractivity contribution in [1.82, 2.24) is 20.8 Å². The van der Waals surface area contributed by atoms with Crippen molar-refractivity contribution in [3.63, 3.8) is 0 Å². The molecule has 0 atom stereocenters. The zero-order valence-corrected chi connectivity index (χ0v) is 15.6. The fourth-order valence-corrected chi connectivity index (χ4v) is 2.79. The van der Waals surface area contributed by atoms with Gasteiger partial charge in [0.1, 0.15) is 0 Å². The molecule has 2 aromatic rings. The van der Waals surface area contributed by atoms with Crippen LogP contribution in [0.5, 0.6) is 0 Å². The normalized spacial score (nSPS) is 10.7. The third kappa shape index (κ3) is 5.64. The van der Waals surface area contributed by atoms with Gasteiger partial charge in [-0.15, -0.1) is 10.2 Å². The van der Waals surface area contributed by atoms with Crippen LogP contribution in [0.25, 0.3) is 11.5 Å². The van der Waals surface area contributed by atoms with Gasteiger partial charge in [0.15, 0.2) is 0 Å². The van der Waals surface area contributed by atoms with Crippen molar-refractivity contribution in [2.24, 2.45) is 0 Å². The van der Waals surface area contributed by atoms with Gasteiger partial charge in [0.05, 0.1) is 17.9 Å². The van der Waals surface area contributed by atoms with Gasteiger partial charge < -0.3 is 15.1 Å². The molecule has 0 unspecified atom stereocenters. The number of amides is 2. The molecule has 0 aliphatic heterocycles. The average Bonchev–Trinajstić information content (AvgIpc) is 2.99. The third-order valence-electron chi connectivity index (χ3n) is 2.73. The van der Waals surface area contributed by atoms with E-state index in [4.69, 9.17) is 4.42 Å². The zero-order chi connectivity index (χ0) is 17.5. The summed E-state index contributed by atoms with van der Waals surface area (Å²) in [4.78, 5) is 23.2. The highest BCUT2D eigenvalue weighted by Crippen LogP contribution is 2.28. The fraction of sp³-hybridized carbons (Fsp3) is 0.333. The molecule has 2 amide bonds. The first-order valence-electron chi connectivity index (χ1n) is 7.23. The van der Waals surface area contributed by atoms with Gasteiger partial charge in [-0.2, -0.15) is 0 Å². The van der Waals surface area contributed by atoms with Crippen molar-refractivity contribution in [2.45, 2.75) is 25.1 Å². The van der Waals surface area contributed by atoms with Gasteiger partial charge >= 0.3 is 0 Å². The van der Waals surface area contributed by atoms with Crippen molar-refractivity contribution < 1.29 is 14.0 Å². The standard InChI is InChI=1S/C15H17BrN4O3S/c1-9(2)18-12(21)7-17-13(22)8-24-15-20-19-14(23-15)10-5-3-4-6-11(10)16/h3-6,9H,7-8H2,1-2H3,(H,17,22)(H,18,21). The summed E-state index contributed by atoms with van der Waals surface area (Å²) in [6.07, 6.45) is 0. The average molecular weight is 413 g/mol. The van der Waals surface area contributed by atoms with E-state index in [1.54, 1.807) is 0 Å². The topological polar surface area (TPSA) is 97.1 Å². The van der Waals surface area contributed by atoms with E-state index < -0.39 is 0 Å². The predicted molar refractivity (Wildman–Crippen MR) is 94.4 cm³/mol. The Morgan fingerprint density at radius 1 is 1.25 bits per heavy atom. The summed E-state index contributed by atoms with van der Waals surface area (Å²) < 4.78 is 6.38. The number of thioether (sulfide) groups is 1. The van der Waals surface area contributed by atoms with E-state index in [1.165, 1.54) is 0 Å². The van der Waals surface area contributed by atoms with Crippen LogP contribution in [0.15, 0.2) is 38.4 Å². The molecule has 0 radical (unpaired) electrons. The van der Waals surface area contributed by atoms with Gasteiger partial charge in [0.2, 0.25) is 17.7 Å². The van der Waals surface area contributed by atoms with Gasteiger partial charge in [-0.1, -0.05) is 23.9 Å². The number of halogens is 1. The maximum atomic E-state index is 11.7. The predicted octanol–water partition coefficient (Wildman–Crippen LogP) is 2.23. The molecule has 0 bridgehead atoms. The Hall–Kier alpha value is -1.87. The van der Waals surface area contributed by atoms with Crippen LogP contribution in [0, 0.1) is 0 Å². The summed E-state index contributed by atoms with van der Waals surface area (Å²) in [5, 5.41) is 13.4. The summed E-state index contributed by atoms with van der Waals surface area (Å²) in [5.41, 5.74) is 0.784. The summed E-state index contributed by atoms with van der Waals surface area (Å²) in [6, 6.07) is 7.53. The first-order valence-corrected chi connectivity index (χ1v) is 9.01. The first kappa shape index (κ1) is 18.5. The molecule has 0 saturated carbocycles. The van der Waals surface area contributed by atoms with Gasteiger partial charge in [0, 0.05) is 10.5 Å². The molecule has 7 nitrogen and oxygen atoms in total. The second-order valence-electron chi connectivity index (χ2n) is 5.14. The van der Waals surface area contributed by atoms with Crippen LogP contribution in [-0.4, -0.2) is 40.4 Å². The van der Waals surface area contributed by atoms with Crippen molar-refractivity contribution >= 4 is 39.5 Å². The van der Waals surface area contributed by atoms with Gasteiger partial charge in [0.25, 0.3) is 5.22 Å². The Labute approximate surface area is 152 Å². The number of hydrogen-bond donors (Lipinski definition) is 2. The van der Waals surface area contributed by atoms with Crippen molar-refractivity contribution in [3.05, 3.63) is 28.7 Å². The lowest BCUT2D eigenvalue weighted by Crippen LogP contribution is -2.40. The van der Waals surface area contributed by atoms with E-state index in [0.29, 0.717) is 11.1 Å². The molecular weight excluding hydrogens is 396 g/mol. The molecule has 1 aromatic heterocycles. The van der Waals surface area contributed by atoms with Crippen LogP contribution in [-0.2, 0) is 9.59 Å². The Morgan fingerprint density at radius 3 is 2.71 bits per heavy atom. The fourth-order valence-electron chi connectivity index (χ4n) is 1.74. The van der Waals surface area contributed by atoms with E-state index in [9.17, 15) is 9.59 Å². The molecule has 0 aliphatic carbocycles. The number of rotatable bonds is 7. The summed E-state index contributed by atoms with van der Waals surface area (Å²) in [7, 11) is 0. The second-order valence-corrected chi connectivity index (χ2v) is 6.92. The minimum atomic E-state index is -0.278. The Morgan fingerprint density at radius 2 is 2.00 bits per heavy atom. The number of nitrogens with one attached hydrogen (secondary N) is 2. The van der Waals surface area contributed by atoms with Gasteiger partial charge in [-0.25, -0.2) is 0 Å². The SMILES string of the molecule is CC(C)NC(=O)CNC(=O)CSc1nnc(-c2ccccc2Br)o1. The van der Waals surface area contributed by atoms with Crippen LogP contribution in [0.4, 0.5) is 0 Å². The molecule has 2 N–H and O–H groups in total. The zero-order valence-electron chi connectivity index (χ0n) is 13.2. The number of aromatic nitrogens is 2. The molecule has 1 aromatic carbocycles. The van der Waals surface area contributed by atoms with E-state index >= 15 is 0 Å². The van der Waals surface area contributed by atoms with Crippen LogP contribution in [0.1, 0.15) is 13.8 Å². The lowest BCUT2D eigenvalue weighted by molar-refractivity contribution is -0.125. The van der Waals surface area contributed by atoms with E-state index in [0.717, 1.165) is 21.8 Å². The minimum absolute atomic E-state index is 0.0397. The molecule has 0 saturated heterocycles. The maximum Gasteiger partial charge on any atom is 0.277 e. The number of nitrogens with zero attached hydrogens (tertiary/aromatic N) is 2. The van der Waals surface area contributed by atoms with Gasteiger partial charge in [-0.3, -0.25) is 9.59 Å². The van der Waals surface area contributed by atoms with Crippen LogP contribution in [0.2, 0.25) is 0 Å². The lowest BCUT2D eigenvalue weighted by atomic mass is 10.2. The molecular formula is C15H17BrN4O3S. The monoisotopic (exact) mass is 412 g/mol. The smallest absolute Gasteiger partial charge is 0.277 e. The Kier molecular flexibility index (Phi) is 6.80. The highest BCUT2D eigenvalue weighted by atomic mass is 79.9. The quantitative estimate of drug-likeness (QED) is 0.676. The van der Waals surface area contributed by atoms with E-state index in [1.807, 2.05) is 38.1 Å². The molecule has 128 valence electrons. The van der Waals surface area contributed by atoms with Crippen molar-refractivity contribution in [2.75, 3.05) is 12.3 Å². The minimum Gasteiger partial charge on any atom is -0.411 e. The number of hydrogen-bond acceptors (Lipinski definition) is 6. The van der Waals surface area contributed by atoms with Crippen LogP contribution in [0.3, 0.4) is 0 Å². The molecule has 0 fully saturated rings. The van der Waals surface area contributed by atoms with Crippen molar-refractivity contribution in [3.8, 4) is 11.5 Å². The van der Waals surface area contributed by atoms with Crippen LogP contribution < -0.4 is 10.6 Å². The summed E-state index contributed by atoms with van der Waals surface area (Å²) in [5.74, 6) is -0.0365. The number of carbonyl (C=O) groups excluding carboxylic acids is 2. The third-order valence-corrected chi connectivity index (χ3v) is 4.24. The maximum absolute atomic E-state index is 11.7. The highest BCUT2D eigenvalue weighted by molar-refractivity contribution is 9.10. The van der Waals surface area contributed by atoms with Gasteiger partial charge in [-0.05, 0) is 41.9 Å². The summed E-state index contributed by atoms with van der Waals surface area (Å²) in [6.45, 7) is 3.66. The number of benzene rings is 1. The van der Waals surface area contributed by atoms with E-state index in [2.05, 4.69) is 36.8 Å². The molecule has 2 rings (SSSR count). The van der Waals surface area contributed by atoms with Crippen molar-refractivity contribution in [1.29, 1.82) is 0 Å². The molecule has 24 heavy (non-hydrogen) atoms. The molecule has 1 heterocycles. The molecule has 9 heteroatoms. The first-order chi connectivity index (χ1) is 11.5. The molecule has 0 aliphatic rings. The summed E-state index contributed by atoms with van der Waals surface area (Å²) >= 11 is 4.53. The molecule has 0 spiro atoms. The van der Waals surface area contributed by atoms with E-state index in [-0.39, 0.29) is 30.2 Å². The lowest BCUT2D eigenvalue weighted by Gasteiger charge is -2.08. The largest absolute Gasteiger partial charge is 0.411 e. The van der Waals surface area contributed by atoms with Crippen LogP contribution >= 0.6 is 27.7 Å². The number of carbonyl (C=O) groups is 2. The Bertz CT molecular complexity index is 720. The highest BCUT2D eigenvalue weighted by Gasteiger charge is 2.13. The Balaban J connectivity index is 1.82.